The first-order valence-corrected chi connectivity index (χ1v) is 21.4. The maximum Gasteiger partial charge on any atom is 0.256 e. The van der Waals surface area contributed by atoms with Crippen molar-refractivity contribution in [2.24, 2.45) is 17.8 Å². The third-order valence-corrected chi connectivity index (χ3v) is 13.8. The van der Waals surface area contributed by atoms with E-state index in [2.05, 4.69) is 35.6 Å². The van der Waals surface area contributed by atoms with Crippen LogP contribution in [0, 0.1) is 17.8 Å². The quantitative estimate of drug-likeness (QED) is 0.181. The van der Waals surface area contributed by atoms with Crippen LogP contribution >= 0.6 is 0 Å². The molecule has 0 radical (unpaired) electrons. The number of unbranched alkanes of at least 4 members (excludes halogenated alkanes) is 1. The topological polar surface area (TPSA) is 133 Å². The van der Waals surface area contributed by atoms with E-state index in [0.717, 1.165) is 64.6 Å². The molecular weight excluding hydrogens is 704 g/mol. The number of nitrogens with zero attached hydrogens (tertiary/aromatic N) is 5. The van der Waals surface area contributed by atoms with E-state index >= 15 is 4.39 Å². The van der Waals surface area contributed by atoms with E-state index in [0.29, 0.717) is 50.5 Å². The Kier molecular flexibility index (Phi) is 12.2. The number of ketones is 1. The number of morpholine rings is 1. The third-order valence-electron chi connectivity index (χ3n) is 13.8. The molecule has 0 bridgehead atoms. The van der Waals surface area contributed by atoms with Crippen molar-refractivity contribution in [2.75, 3.05) is 53.4 Å². The second kappa shape index (κ2) is 17.3. The van der Waals surface area contributed by atoms with E-state index in [1.54, 1.807) is 6.20 Å². The number of ether oxygens (including phenoxy) is 2. The summed E-state index contributed by atoms with van der Waals surface area (Å²) in [6.45, 7) is 4.93. The number of Topliss-reactive ketones (excluding diaryl/α,β-unsaturated/α-hetero) is 1. The molecule has 3 saturated heterocycles. The molecule has 1 aromatic heterocycles. The summed E-state index contributed by atoms with van der Waals surface area (Å²) >= 11 is 0. The van der Waals surface area contributed by atoms with Gasteiger partial charge in [-0.15, -0.1) is 0 Å². The van der Waals surface area contributed by atoms with Gasteiger partial charge in [0, 0.05) is 69.7 Å². The Morgan fingerprint density at radius 1 is 0.964 bits per heavy atom. The molecule has 3 aliphatic carbocycles. The Hall–Kier alpha value is -2.91. The lowest BCUT2D eigenvalue weighted by Gasteiger charge is -2.61. The summed E-state index contributed by atoms with van der Waals surface area (Å²) in [4.78, 5) is 51.4. The summed E-state index contributed by atoms with van der Waals surface area (Å²) < 4.78 is 32.7. The van der Waals surface area contributed by atoms with Gasteiger partial charge in [0.2, 0.25) is 5.91 Å². The zero-order valence-electron chi connectivity index (χ0n) is 32.8. The first-order valence-electron chi connectivity index (χ1n) is 21.4. The largest absolute Gasteiger partial charge is 0.374 e. The van der Waals surface area contributed by atoms with E-state index in [4.69, 9.17) is 9.47 Å². The van der Waals surface area contributed by atoms with Gasteiger partial charge in [-0.25, -0.2) is 9.37 Å². The van der Waals surface area contributed by atoms with Crippen LogP contribution in [0.4, 0.5) is 4.39 Å². The fourth-order valence-electron chi connectivity index (χ4n) is 11.3. The molecule has 3 N–H and O–H groups in total. The highest BCUT2D eigenvalue weighted by Crippen LogP contribution is 2.53. The van der Waals surface area contributed by atoms with Crippen molar-refractivity contribution < 1.29 is 28.2 Å². The fourth-order valence-corrected chi connectivity index (χ4v) is 11.3. The summed E-state index contributed by atoms with van der Waals surface area (Å²) in [5.41, 5.74) is 0.152. The molecule has 0 spiro atoms. The first-order chi connectivity index (χ1) is 26.7. The molecule has 11 unspecified atom stereocenters. The number of aromatic nitrogens is 2. The van der Waals surface area contributed by atoms with Gasteiger partial charge in [0.15, 0.2) is 5.78 Å². The Bertz CT molecular complexity index is 1530. The van der Waals surface area contributed by atoms with Crippen LogP contribution in [-0.4, -0.2) is 150 Å². The second-order valence-corrected chi connectivity index (χ2v) is 17.7. The molecule has 304 valence electrons. The Morgan fingerprint density at radius 2 is 1.84 bits per heavy atom. The number of carbonyl (C=O) groups excluding carboxylic acids is 3. The first kappa shape index (κ1) is 38.9. The molecule has 1 aromatic rings. The zero-order chi connectivity index (χ0) is 38.1. The normalized spacial score (nSPS) is 36.8. The molecule has 12 atom stereocenters. The zero-order valence-corrected chi connectivity index (χ0v) is 32.8. The smallest absolute Gasteiger partial charge is 0.256 e. The Balaban J connectivity index is 0.941. The maximum absolute atomic E-state index is 16.8. The monoisotopic (exact) mass is 766 g/mol. The molecule has 4 aliphatic heterocycles. The number of rotatable bonds is 15. The molecule has 8 rings (SSSR count). The lowest BCUT2D eigenvalue weighted by Crippen LogP contribution is -2.73. The number of imidazole rings is 1. The number of likely N-dealkylation sites (tertiary alicyclic amines) is 1. The average Bonchev–Trinajstić information content (AvgIpc) is 3.94. The molecule has 2 amide bonds. The lowest BCUT2D eigenvalue weighted by molar-refractivity contribution is -0.220. The number of nitrogens with one attached hydrogen (secondary N) is 3. The highest BCUT2D eigenvalue weighted by molar-refractivity contribution is 6.20. The highest BCUT2D eigenvalue weighted by Gasteiger charge is 2.62. The van der Waals surface area contributed by atoms with Crippen molar-refractivity contribution in [3.63, 3.8) is 0 Å². The molecule has 55 heavy (non-hydrogen) atoms. The minimum Gasteiger partial charge on any atom is -0.374 e. The number of hydrogen-bond donors (Lipinski definition) is 3. The number of halogens is 1. The number of fused-ring (bicyclic) bond motifs is 5. The van der Waals surface area contributed by atoms with E-state index in [9.17, 15) is 14.4 Å². The van der Waals surface area contributed by atoms with Crippen LogP contribution in [0.5, 0.6) is 0 Å². The van der Waals surface area contributed by atoms with Crippen LogP contribution in [0.1, 0.15) is 77.0 Å². The number of carbonyl (C=O) groups is 3. The summed E-state index contributed by atoms with van der Waals surface area (Å²) in [5.74, 6) is -0.325. The number of aryl methyl sites for hydroxylation is 1. The molecule has 0 aromatic carbocycles. The van der Waals surface area contributed by atoms with Crippen molar-refractivity contribution in [3.8, 4) is 0 Å². The van der Waals surface area contributed by atoms with Crippen LogP contribution in [0.3, 0.4) is 0 Å². The molecule has 13 nitrogen and oxygen atoms in total. The van der Waals surface area contributed by atoms with Gasteiger partial charge in [-0.2, -0.15) is 0 Å². The standard InChI is InChI=1S/C41H63FN8O5/c1-47(2)16-6-5-13-45-41(53)30-24-50-32-22-34-28(27-8-3-4-9-33(27)54-34)21-35(32)55-40-37(50)29(39(30)52)20-31(42)38(40)49-18-11-26(23-49)46-36(51)10-14-43-12-7-17-48-19-15-44-25-48/h15,19,24-29,31-35,37-38,40,43H,3-14,16-18,20-23H2,1-2H3,(H,45,53)(H,46,51)/t26-,27?,28?,29?,31?,32?,33?,34?,35?,37?,38?,40?/m1/s1. The number of hydrogen-bond acceptors (Lipinski definition) is 10. The van der Waals surface area contributed by atoms with Gasteiger partial charge in [-0.05, 0) is 96.8 Å². The Labute approximate surface area is 325 Å². The van der Waals surface area contributed by atoms with Gasteiger partial charge >= 0.3 is 0 Å². The van der Waals surface area contributed by atoms with Gasteiger partial charge in [0.05, 0.1) is 54.4 Å². The minimum atomic E-state index is -1.29. The number of alkyl halides is 1. The van der Waals surface area contributed by atoms with Gasteiger partial charge < -0.3 is 39.8 Å². The fraction of sp³-hybridized carbons (Fsp3) is 0.805. The van der Waals surface area contributed by atoms with E-state index in [1.165, 1.54) is 19.3 Å². The van der Waals surface area contributed by atoms with E-state index in [-0.39, 0.29) is 59.9 Å². The highest BCUT2D eigenvalue weighted by atomic mass is 19.1. The van der Waals surface area contributed by atoms with Crippen molar-refractivity contribution in [1.82, 2.24) is 40.2 Å². The number of amides is 2. The van der Waals surface area contributed by atoms with Crippen molar-refractivity contribution in [1.29, 1.82) is 0 Å². The van der Waals surface area contributed by atoms with E-state index < -0.39 is 24.2 Å². The predicted octanol–water partition coefficient (Wildman–Crippen LogP) is 2.27. The van der Waals surface area contributed by atoms with Crippen molar-refractivity contribution in [3.05, 3.63) is 30.5 Å². The van der Waals surface area contributed by atoms with Gasteiger partial charge in [-0.1, -0.05) is 12.8 Å². The van der Waals surface area contributed by atoms with Crippen LogP contribution in [0.2, 0.25) is 0 Å². The van der Waals surface area contributed by atoms with Crippen molar-refractivity contribution in [2.45, 2.75) is 138 Å². The molecule has 6 fully saturated rings. The van der Waals surface area contributed by atoms with Crippen LogP contribution in [0.15, 0.2) is 30.5 Å². The van der Waals surface area contributed by atoms with Crippen LogP contribution in [-0.2, 0) is 30.4 Å². The minimum absolute atomic E-state index is 0.000443. The summed E-state index contributed by atoms with van der Waals surface area (Å²) in [7, 11) is 4.06. The van der Waals surface area contributed by atoms with Gasteiger partial charge in [0.25, 0.3) is 5.91 Å². The van der Waals surface area contributed by atoms with Gasteiger partial charge in [-0.3, -0.25) is 19.3 Å². The lowest BCUT2D eigenvalue weighted by atomic mass is 9.67. The maximum atomic E-state index is 16.8. The van der Waals surface area contributed by atoms with Crippen LogP contribution in [0.25, 0.3) is 0 Å². The SMILES string of the molecule is CN(C)CCCCNC(=O)C1=CN2C3CC4OC5CCCCC5C4CC3OC3C(N4CC[C@@H](NC(=O)CCNCCCn5ccnc5)C4)C(F)CC(C1=O)C32. The molecule has 5 heterocycles. The summed E-state index contributed by atoms with van der Waals surface area (Å²) in [6, 6.07) is -0.988. The molecule has 3 saturated carbocycles. The Morgan fingerprint density at radius 3 is 2.67 bits per heavy atom. The van der Waals surface area contributed by atoms with Crippen LogP contribution < -0.4 is 16.0 Å². The summed E-state index contributed by atoms with van der Waals surface area (Å²) in [5, 5.41) is 9.58. The second-order valence-electron chi connectivity index (χ2n) is 17.7. The average molecular weight is 767 g/mol. The molecule has 7 aliphatic rings. The summed E-state index contributed by atoms with van der Waals surface area (Å²) in [6.07, 6.45) is 16.1. The van der Waals surface area contributed by atoms with E-state index in [1.807, 2.05) is 37.4 Å². The predicted molar refractivity (Wildman–Crippen MR) is 205 cm³/mol. The van der Waals surface area contributed by atoms with Gasteiger partial charge in [0.1, 0.15) is 6.17 Å². The third kappa shape index (κ3) is 8.40. The van der Waals surface area contributed by atoms with Crippen molar-refractivity contribution >= 4 is 17.6 Å². The molecule has 14 heteroatoms. The molecular formula is C41H63FN8O5.